The highest BCUT2D eigenvalue weighted by Gasteiger charge is 2.22. The van der Waals surface area contributed by atoms with Crippen molar-refractivity contribution in [2.24, 2.45) is 16.3 Å². The number of allylic oxidation sites excluding steroid dienone is 2. The van der Waals surface area contributed by atoms with Crippen LogP contribution < -0.4 is 5.32 Å². The number of aliphatic imine (C=N–C) groups is 1. The third-order valence-corrected chi connectivity index (χ3v) is 4.25. The van der Waals surface area contributed by atoms with Crippen molar-refractivity contribution in [2.75, 3.05) is 25.9 Å². The molecule has 1 unspecified atom stereocenters. The molecule has 0 fully saturated rings. The van der Waals surface area contributed by atoms with E-state index < -0.39 is 0 Å². The second-order valence-electron chi connectivity index (χ2n) is 6.79. The predicted molar refractivity (Wildman–Crippen MR) is 101 cm³/mol. The van der Waals surface area contributed by atoms with Gasteiger partial charge in [-0.2, -0.15) is 0 Å². The van der Waals surface area contributed by atoms with Crippen LogP contribution in [0.1, 0.15) is 53.9 Å². The van der Waals surface area contributed by atoms with Gasteiger partial charge in [-0.3, -0.25) is 9.79 Å². The Labute approximate surface area is 141 Å². The third-order valence-electron chi connectivity index (χ3n) is 3.23. The maximum Gasteiger partial charge on any atom is 0.195 e. The van der Waals surface area contributed by atoms with Crippen LogP contribution in [0.5, 0.6) is 0 Å². The molecule has 0 aliphatic rings. The number of hydrogen-bond acceptors (Lipinski definition) is 4. The van der Waals surface area contributed by atoms with Crippen LogP contribution in [0.4, 0.5) is 0 Å². The van der Waals surface area contributed by atoms with Gasteiger partial charge in [-0.05, 0) is 44.5 Å². The van der Waals surface area contributed by atoms with Crippen LogP contribution in [-0.2, 0) is 4.79 Å². The first kappa shape index (κ1) is 21.4. The van der Waals surface area contributed by atoms with Crippen molar-refractivity contribution in [2.45, 2.75) is 53.9 Å². The zero-order valence-corrected chi connectivity index (χ0v) is 16.1. The van der Waals surface area contributed by atoms with Gasteiger partial charge in [0.1, 0.15) is 0 Å². The van der Waals surface area contributed by atoms with Gasteiger partial charge < -0.3 is 5.32 Å². The number of carbonyl (C=O) groups is 1. The molecule has 1 N–H and O–H groups in total. The highest BCUT2D eigenvalue weighted by Crippen LogP contribution is 2.31. The van der Waals surface area contributed by atoms with Crippen LogP contribution in [0.2, 0.25) is 0 Å². The highest BCUT2D eigenvalue weighted by atomic mass is 32.2. The first-order chi connectivity index (χ1) is 10.3. The normalized spacial score (nSPS) is 14.5. The van der Waals surface area contributed by atoms with Gasteiger partial charge >= 0.3 is 0 Å². The molecule has 0 heterocycles. The fourth-order valence-corrected chi connectivity index (χ4v) is 2.94. The molecule has 4 heteroatoms. The zero-order valence-electron chi connectivity index (χ0n) is 15.2. The van der Waals surface area contributed by atoms with E-state index in [9.17, 15) is 4.79 Å². The number of carbonyl (C=O) groups excluding carboxylic acids is 1. The van der Waals surface area contributed by atoms with Gasteiger partial charge in [-0.1, -0.05) is 58.0 Å². The molecule has 0 saturated carbocycles. The molecule has 0 aromatic heterocycles. The van der Waals surface area contributed by atoms with Gasteiger partial charge in [0.2, 0.25) is 0 Å². The molecule has 0 aromatic carbocycles. The Hall–Kier alpha value is -0.610. The average molecular weight is 327 g/mol. The summed E-state index contributed by atoms with van der Waals surface area (Å²) < 4.78 is 0. The molecule has 0 bridgehead atoms. The van der Waals surface area contributed by atoms with E-state index in [1.807, 2.05) is 20.2 Å². The molecule has 0 amide bonds. The monoisotopic (exact) mass is 326 g/mol. The van der Waals surface area contributed by atoms with Crippen LogP contribution in [0, 0.1) is 11.3 Å². The Morgan fingerprint density at radius 2 is 2.05 bits per heavy atom. The lowest BCUT2D eigenvalue weighted by Gasteiger charge is -2.24. The first-order valence-corrected chi connectivity index (χ1v) is 9.28. The molecule has 3 nitrogen and oxygen atoms in total. The zero-order chi connectivity index (χ0) is 17.0. The Morgan fingerprint density at radius 1 is 1.36 bits per heavy atom. The van der Waals surface area contributed by atoms with Crippen molar-refractivity contribution < 1.29 is 4.79 Å². The fraction of sp³-hybridized carbons (Fsp3) is 0.778. The largest absolute Gasteiger partial charge is 0.319 e. The molecule has 0 aliphatic heterocycles. The van der Waals surface area contributed by atoms with E-state index in [0.29, 0.717) is 0 Å². The Morgan fingerprint density at radius 3 is 2.59 bits per heavy atom. The minimum atomic E-state index is 0.0115. The molecule has 0 spiro atoms. The standard InChI is InChI=1S/C18H34N2OS/c1-7-9-16(14-18(3,4)5)15(2)17(21)22-13-12-20-11-8-10-19-6/h9,11,15,19H,7-8,10,12-14H2,1-6H3/b16-9-,20-11+. The van der Waals surface area contributed by atoms with Gasteiger partial charge in [0.15, 0.2) is 5.12 Å². The number of hydrogen-bond donors (Lipinski definition) is 1. The molecule has 0 radical (unpaired) electrons. The second kappa shape index (κ2) is 11.9. The van der Waals surface area contributed by atoms with Crippen LogP contribution in [0.25, 0.3) is 0 Å². The topological polar surface area (TPSA) is 41.5 Å². The first-order valence-electron chi connectivity index (χ1n) is 8.30. The van der Waals surface area contributed by atoms with Crippen LogP contribution >= 0.6 is 11.8 Å². The van der Waals surface area contributed by atoms with E-state index in [4.69, 9.17) is 0 Å². The SMILES string of the molecule is CC/C=C(/CC(C)(C)C)C(C)C(=O)SCC/N=C/CCNC. The maximum absolute atomic E-state index is 12.3. The lowest BCUT2D eigenvalue weighted by atomic mass is 9.83. The van der Waals surface area contributed by atoms with Gasteiger partial charge in [0.05, 0.1) is 0 Å². The molecule has 0 saturated heterocycles. The highest BCUT2D eigenvalue weighted by molar-refractivity contribution is 8.13. The average Bonchev–Trinajstić information content (AvgIpc) is 2.43. The van der Waals surface area contributed by atoms with E-state index in [-0.39, 0.29) is 16.4 Å². The molecule has 128 valence electrons. The minimum absolute atomic E-state index is 0.0115. The van der Waals surface area contributed by atoms with Crippen molar-refractivity contribution in [3.8, 4) is 0 Å². The Balaban J connectivity index is 4.27. The van der Waals surface area contributed by atoms with Gasteiger partial charge in [0.25, 0.3) is 0 Å². The van der Waals surface area contributed by atoms with E-state index >= 15 is 0 Å². The van der Waals surface area contributed by atoms with E-state index in [1.165, 1.54) is 17.3 Å². The summed E-state index contributed by atoms with van der Waals surface area (Å²) >= 11 is 1.42. The summed E-state index contributed by atoms with van der Waals surface area (Å²) in [6.45, 7) is 12.5. The summed E-state index contributed by atoms with van der Waals surface area (Å²) in [5.41, 5.74) is 1.50. The van der Waals surface area contributed by atoms with E-state index in [0.717, 1.165) is 38.1 Å². The van der Waals surface area contributed by atoms with E-state index in [2.05, 4.69) is 44.1 Å². The number of rotatable bonds is 10. The van der Waals surface area contributed by atoms with Gasteiger partial charge in [-0.25, -0.2) is 0 Å². The van der Waals surface area contributed by atoms with Crippen molar-refractivity contribution in [3.05, 3.63) is 11.6 Å². The Kier molecular flexibility index (Phi) is 11.6. The summed E-state index contributed by atoms with van der Waals surface area (Å²) in [4.78, 5) is 16.7. The molecule has 0 aromatic rings. The van der Waals surface area contributed by atoms with Crippen molar-refractivity contribution in [1.82, 2.24) is 5.32 Å². The summed E-state index contributed by atoms with van der Waals surface area (Å²) in [5, 5.41) is 3.35. The van der Waals surface area contributed by atoms with Gasteiger partial charge in [0, 0.05) is 18.2 Å². The molecule has 0 aliphatic carbocycles. The summed E-state index contributed by atoms with van der Waals surface area (Å²) in [7, 11) is 1.93. The second-order valence-corrected chi connectivity index (χ2v) is 7.89. The summed E-state index contributed by atoms with van der Waals surface area (Å²) in [6, 6.07) is 0. The van der Waals surface area contributed by atoms with Crippen molar-refractivity contribution in [1.29, 1.82) is 0 Å². The van der Waals surface area contributed by atoms with Crippen molar-refractivity contribution in [3.63, 3.8) is 0 Å². The van der Waals surface area contributed by atoms with Crippen LogP contribution in [0.3, 0.4) is 0 Å². The number of nitrogens with zero attached hydrogens (tertiary/aromatic N) is 1. The fourth-order valence-electron chi connectivity index (χ4n) is 2.14. The Bertz CT molecular complexity index is 370. The van der Waals surface area contributed by atoms with Crippen LogP contribution in [-0.4, -0.2) is 37.2 Å². The number of thioether (sulfide) groups is 1. The quantitative estimate of drug-likeness (QED) is 0.369. The van der Waals surface area contributed by atoms with Crippen LogP contribution in [0.15, 0.2) is 16.6 Å². The molecular weight excluding hydrogens is 292 g/mol. The smallest absolute Gasteiger partial charge is 0.195 e. The lowest BCUT2D eigenvalue weighted by molar-refractivity contribution is -0.113. The predicted octanol–water partition coefficient (Wildman–Crippen LogP) is 4.34. The molecule has 22 heavy (non-hydrogen) atoms. The minimum Gasteiger partial charge on any atom is -0.319 e. The van der Waals surface area contributed by atoms with E-state index in [1.54, 1.807) is 0 Å². The molecule has 0 rings (SSSR count). The maximum atomic E-state index is 12.3. The van der Waals surface area contributed by atoms with Gasteiger partial charge in [-0.15, -0.1) is 0 Å². The molecular formula is C18H34N2OS. The number of nitrogens with one attached hydrogen (secondary N) is 1. The van der Waals surface area contributed by atoms with Crippen molar-refractivity contribution >= 4 is 23.1 Å². The third kappa shape index (κ3) is 11.0. The molecule has 1 atom stereocenters. The summed E-state index contributed by atoms with van der Waals surface area (Å²) in [5.74, 6) is 0.783. The lowest BCUT2D eigenvalue weighted by Crippen LogP contribution is -2.16. The summed E-state index contributed by atoms with van der Waals surface area (Å²) in [6.07, 6.45) is 7.08.